The summed E-state index contributed by atoms with van der Waals surface area (Å²) in [7, 11) is 1.60. The monoisotopic (exact) mass is 277 g/mol. The summed E-state index contributed by atoms with van der Waals surface area (Å²) in [6.07, 6.45) is 5.19. The average Bonchev–Trinajstić information content (AvgIpc) is 2.47. The van der Waals surface area contributed by atoms with E-state index >= 15 is 0 Å². The number of nitrogens with two attached hydrogens (primary N) is 1. The molecule has 5 heteroatoms. The van der Waals surface area contributed by atoms with E-state index in [1.165, 1.54) is 6.42 Å². The Kier molecular flexibility index (Phi) is 4.49. The van der Waals surface area contributed by atoms with E-state index in [0.29, 0.717) is 16.9 Å². The van der Waals surface area contributed by atoms with Crippen molar-refractivity contribution in [3.8, 4) is 0 Å². The van der Waals surface area contributed by atoms with Crippen molar-refractivity contribution in [1.82, 2.24) is 5.32 Å². The van der Waals surface area contributed by atoms with Crippen molar-refractivity contribution >= 4 is 17.3 Å². The molecule has 0 spiro atoms. The lowest BCUT2D eigenvalue weighted by atomic mass is 9.82. The molecule has 20 heavy (non-hydrogen) atoms. The molecule has 0 atom stereocenters. The highest BCUT2D eigenvalue weighted by Crippen LogP contribution is 2.33. The Hall–Kier alpha value is -1.75. The number of carbonyl (C=O) groups excluding carboxylic acids is 1. The first-order chi connectivity index (χ1) is 9.60. The van der Waals surface area contributed by atoms with Crippen LogP contribution in [-0.2, 0) is 0 Å². The van der Waals surface area contributed by atoms with Crippen LogP contribution in [0.4, 0.5) is 11.4 Å². The van der Waals surface area contributed by atoms with Gasteiger partial charge in [0.05, 0.1) is 17.7 Å². The van der Waals surface area contributed by atoms with Crippen LogP contribution in [0.15, 0.2) is 18.2 Å². The van der Waals surface area contributed by atoms with Crippen molar-refractivity contribution in [2.45, 2.75) is 37.6 Å². The van der Waals surface area contributed by atoms with E-state index in [0.717, 1.165) is 25.7 Å². The van der Waals surface area contributed by atoms with E-state index in [1.807, 2.05) is 0 Å². The molecule has 0 saturated heterocycles. The molecule has 1 saturated carbocycles. The maximum absolute atomic E-state index is 11.9. The zero-order chi connectivity index (χ0) is 14.6. The molecule has 0 heterocycles. The minimum atomic E-state index is -0.338. The largest absolute Gasteiger partial charge is 0.399 e. The molecular weight excluding hydrogens is 254 g/mol. The Morgan fingerprint density at radius 1 is 1.35 bits per heavy atom. The van der Waals surface area contributed by atoms with Gasteiger partial charge in [0.25, 0.3) is 5.91 Å². The molecule has 0 radical (unpaired) electrons. The standard InChI is InChI=1S/C15H23N3O2/c1-17-14(20)12-6-5-11(16)9-13(12)18-15(10-19)7-3-2-4-8-15/h5-6,9,18-19H,2-4,7-8,10,16H2,1H3,(H,17,20). The first-order valence-corrected chi connectivity index (χ1v) is 7.11. The number of hydrogen-bond acceptors (Lipinski definition) is 4. The van der Waals surface area contributed by atoms with Gasteiger partial charge in [0.1, 0.15) is 0 Å². The summed E-state index contributed by atoms with van der Waals surface area (Å²) >= 11 is 0. The summed E-state index contributed by atoms with van der Waals surface area (Å²) in [6.45, 7) is 0.0645. The highest BCUT2D eigenvalue weighted by atomic mass is 16.3. The maximum Gasteiger partial charge on any atom is 0.253 e. The van der Waals surface area contributed by atoms with Crippen molar-refractivity contribution in [3.05, 3.63) is 23.8 Å². The van der Waals surface area contributed by atoms with Crippen LogP contribution in [0.25, 0.3) is 0 Å². The van der Waals surface area contributed by atoms with Gasteiger partial charge in [-0.2, -0.15) is 0 Å². The molecule has 1 aromatic carbocycles. The van der Waals surface area contributed by atoms with Crippen LogP contribution >= 0.6 is 0 Å². The summed E-state index contributed by atoms with van der Waals surface area (Å²) < 4.78 is 0. The second kappa shape index (κ2) is 6.13. The van der Waals surface area contributed by atoms with Gasteiger partial charge < -0.3 is 21.5 Å². The van der Waals surface area contributed by atoms with E-state index in [-0.39, 0.29) is 18.1 Å². The van der Waals surface area contributed by atoms with Gasteiger partial charge in [-0.15, -0.1) is 0 Å². The van der Waals surface area contributed by atoms with E-state index < -0.39 is 0 Å². The number of nitrogen functional groups attached to an aromatic ring is 1. The van der Waals surface area contributed by atoms with E-state index in [1.54, 1.807) is 25.2 Å². The summed E-state index contributed by atoms with van der Waals surface area (Å²) in [5.41, 5.74) is 7.34. The molecule has 2 rings (SSSR count). The summed E-state index contributed by atoms with van der Waals surface area (Å²) in [5, 5.41) is 15.8. The predicted octanol–water partition coefficient (Wildman–Crippen LogP) is 1.74. The summed E-state index contributed by atoms with van der Waals surface area (Å²) in [5.74, 6) is -0.156. The molecule has 5 N–H and O–H groups in total. The molecule has 0 bridgehead atoms. The third kappa shape index (κ3) is 3.04. The number of anilines is 2. The fourth-order valence-electron chi connectivity index (χ4n) is 2.83. The Morgan fingerprint density at radius 3 is 2.65 bits per heavy atom. The Labute approximate surface area is 119 Å². The zero-order valence-electron chi connectivity index (χ0n) is 11.9. The van der Waals surface area contributed by atoms with Gasteiger partial charge in [0.2, 0.25) is 0 Å². The Balaban J connectivity index is 2.31. The topological polar surface area (TPSA) is 87.4 Å². The van der Waals surface area contributed by atoms with Gasteiger partial charge in [0.15, 0.2) is 0 Å². The number of benzene rings is 1. The lowest BCUT2D eigenvalue weighted by molar-refractivity contribution is 0.0963. The first-order valence-electron chi connectivity index (χ1n) is 7.11. The molecule has 5 nitrogen and oxygen atoms in total. The number of aliphatic hydroxyl groups is 1. The normalized spacial score (nSPS) is 17.5. The molecule has 0 unspecified atom stereocenters. The second-order valence-corrected chi connectivity index (χ2v) is 5.51. The van der Waals surface area contributed by atoms with Crippen molar-refractivity contribution in [1.29, 1.82) is 0 Å². The van der Waals surface area contributed by atoms with Gasteiger partial charge >= 0.3 is 0 Å². The average molecular weight is 277 g/mol. The highest BCUT2D eigenvalue weighted by molar-refractivity contribution is 6.00. The van der Waals surface area contributed by atoms with Crippen molar-refractivity contribution in [2.75, 3.05) is 24.7 Å². The minimum Gasteiger partial charge on any atom is -0.399 e. The smallest absolute Gasteiger partial charge is 0.253 e. The van der Waals surface area contributed by atoms with Crippen LogP contribution in [0.5, 0.6) is 0 Å². The Bertz CT molecular complexity index is 482. The van der Waals surface area contributed by atoms with Gasteiger partial charge in [0, 0.05) is 18.4 Å². The first kappa shape index (κ1) is 14.7. The fraction of sp³-hybridized carbons (Fsp3) is 0.533. The fourth-order valence-corrected chi connectivity index (χ4v) is 2.83. The molecule has 1 fully saturated rings. The second-order valence-electron chi connectivity index (χ2n) is 5.51. The van der Waals surface area contributed by atoms with Gasteiger partial charge in [-0.1, -0.05) is 19.3 Å². The van der Waals surface area contributed by atoms with E-state index in [9.17, 15) is 9.90 Å². The molecule has 1 aliphatic rings. The minimum absolute atomic E-state index is 0.0645. The number of carbonyl (C=O) groups is 1. The number of aliphatic hydroxyl groups excluding tert-OH is 1. The summed E-state index contributed by atoms with van der Waals surface area (Å²) in [6, 6.07) is 5.18. The predicted molar refractivity (Wildman–Crippen MR) is 80.8 cm³/mol. The quantitative estimate of drug-likeness (QED) is 0.631. The molecule has 1 amide bonds. The Morgan fingerprint density at radius 2 is 2.05 bits per heavy atom. The van der Waals surface area contributed by atoms with Crippen LogP contribution < -0.4 is 16.4 Å². The number of nitrogens with one attached hydrogen (secondary N) is 2. The molecule has 1 aromatic rings. The van der Waals surface area contributed by atoms with Crippen LogP contribution in [0.3, 0.4) is 0 Å². The summed E-state index contributed by atoms with van der Waals surface area (Å²) in [4.78, 5) is 11.9. The molecule has 0 aromatic heterocycles. The number of amides is 1. The highest BCUT2D eigenvalue weighted by Gasteiger charge is 2.32. The van der Waals surface area contributed by atoms with Crippen molar-refractivity contribution in [2.24, 2.45) is 0 Å². The third-order valence-electron chi connectivity index (χ3n) is 4.03. The van der Waals surface area contributed by atoms with Crippen LogP contribution in [-0.4, -0.2) is 30.2 Å². The molecule has 110 valence electrons. The third-order valence-corrected chi connectivity index (χ3v) is 4.03. The SMILES string of the molecule is CNC(=O)c1ccc(N)cc1NC1(CO)CCCCC1. The number of hydrogen-bond donors (Lipinski definition) is 4. The van der Waals surface area contributed by atoms with E-state index in [2.05, 4.69) is 10.6 Å². The van der Waals surface area contributed by atoms with Gasteiger partial charge in [-0.25, -0.2) is 0 Å². The zero-order valence-corrected chi connectivity index (χ0v) is 11.9. The van der Waals surface area contributed by atoms with Crippen molar-refractivity contribution < 1.29 is 9.90 Å². The van der Waals surface area contributed by atoms with Gasteiger partial charge in [-0.05, 0) is 31.0 Å². The lowest BCUT2D eigenvalue weighted by Crippen LogP contribution is -2.44. The van der Waals surface area contributed by atoms with Gasteiger partial charge in [-0.3, -0.25) is 4.79 Å². The number of rotatable bonds is 4. The lowest BCUT2D eigenvalue weighted by Gasteiger charge is -2.38. The van der Waals surface area contributed by atoms with E-state index in [4.69, 9.17) is 5.73 Å². The molecule has 0 aliphatic heterocycles. The van der Waals surface area contributed by atoms with Crippen LogP contribution in [0.2, 0.25) is 0 Å². The maximum atomic E-state index is 11.9. The van der Waals surface area contributed by atoms with Crippen molar-refractivity contribution in [3.63, 3.8) is 0 Å². The molecular formula is C15H23N3O2. The van der Waals surface area contributed by atoms with Crippen LogP contribution in [0, 0.1) is 0 Å². The molecule has 1 aliphatic carbocycles. The van der Waals surface area contributed by atoms with Crippen LogP contribution in [0.1, 0.15) is 42.5 Å².